The molecule has 2 nitrogen and oxygen atoms in total. The first-order valence-electron chi connectivity index (χ1n) is 5.91. The molecular weight excluding hydrogens is 174 g/mol. The lowest BCUT2D eigenvalue weighted by Gasteiger charge is -2.39. The summed E-state index contributed by atoms with van der Waals surface area (Å²) in [4.78, 5) is 0. The Morgan fingerprint density at radius 2 is 1.36 bits per heavy atom. The molecule has 0 aliphatic rings. The minimum atomic E-state index is -0.0885. The summed E-state index contributed by atoms with van der Waals surface area (Å²) in [5.74, 6) is 0. The average Bonchev–Trinajstić information content (AvgIpc) is 2.26. The average molecular weight is 201 g/mol. The summed E-state index contributed by atoms with van der Waals surface area (Å²) in [6, 6.07) is 0. The van der Waals surface area contributed by atoms with E-state index in [1.54, 1.807) is 0 Å². The van der Waals surface area contributed by atoms with Crippen LogP contribution in [0.4, 0.5) is 0 Å². The van der Waals surface area contributed by atoms with Crippen molar-refractivity contribution in [2.75, 3.05) is 6.61 Å². The van der Waals surface area contributed by atoms with Crippen LogP contribution < -0.4 is 5.73 Å². The molecule has 0 unspecified atom stereocenters. The predicted molar refractivity (Wildman–Crippen MR) is 62.2 cm³/mol. The Kier molecular flexibility index (Phi) is 5.68. The van der Waals surface area contributed by atoms with Gasteiger partial charge in [0, 0.05) is 12.1 Å². The molecule has 0 fully saturated rings. The fourth-order valence-corrected chi connectivity index (χ4v) is 2.03. The topological polar surface area (TPSA) is 46.2 Å². The number of aliphatic hydroxyl groups is 1. The van der Waals surface area contributed by atoms with Crippen molar-refractivity contribution in [2.24, 2.45) is 11.1 Å². The van der Waals surface area contributed by atoms with E-state index in [1.165, 1.54) is 0 Å². The van der Waals surface area contributed by atoms with Crippen LogP contribution in [0.5, 0.6) is 0 Å². The summed E-state index contributed by atoms with van der Waals surface area (Å²) < 4.78 is 0. The monoisotopic (exact) mass is 201 g/mol. The van der Waals surface area contributed by atoms with E-state index in [2.05, 4.69) is 27.7 Å². The molecule has 0 saturated heterocycles. The van der Waals surface area contributed by atoms with Crippen LogP contribution in [0.3, 0.4) is 0 Å². The summed E-state index contributed by atoms with van der Waals surface area (Å²) in [5.41, 5.74) is 6.25. The maximum absolute atomic E-state index is 9.48. The van der Waals surface area contributed by atoms with Crippen LogP contribution in [0.2, 0.25) is 0 Å². The van der Waals surface area contributed by atoms with E-state index < -0.39 is 0 Å². The predicted octanol–water partition coefficient (Wildman–Crippen LogP) is 2.69. The normalized spacial score (nSPS) is 13.3. The third-order valence-electron chi connectivity index (χ3n) is 3.97. The summed E-state index contributed by atoms with van der Waals surface area (Å²) in [5, 5.41) is 9.48. The van der Waals surface area contributed by atoms with Gasteiger partial charge in [0.2, 0.25) is 0 Å². The van der Waals surface area contributed by atoms with Crippen LogP contribution in [-0.4, -0.2) is 17.3 Å². The smallest absolute Gasteiger partial charge is 0.0487 e. The molecule has 0 bridgehead atoms. The van der Waals surface area contributed by atoms with E-state index in [-0.39, 0.29) is 17.6 Å². The number of aliphatic hydroxyl groups excluding tert-OH is 1. The summed E-state index contributed by atoms with van der Waals surface area (Å²) >= 11 is 0. The summed E-state index contributed by atoms with van der Waals surface area (Å²) in [7, 11) is 0. The Bertz CT molecular complexity index is 140. The molecule has 0 radical (unpaired) electrons. The third-order valence-corrected chi connectivity index (χ3v) is 3.97. The van der Waals surface area contributed by atoms with E-state index in [0.29, 0.717) is 0 Å². The fraction of sp³-hybridized carbons (Fsp3) is 1.00. The molecule has 0 aromatic carbocycles. The standard InChI is InChI=1S/C12H27NO/c1-5-11(6-2,10-14)9-12(13,7-3)8-4/h14H,5-10,13H2,1-4H3. The number of nitrogens with two attached hydrogens (primary N) is 1. The maximum Gasteiger partial charge on any atom is 0.0487 e. The molecule has 14 heavy (non-hydrogen) atoms. The van der Waals surface area contributed by atoms with Crippen molar-refractivity contribution in [3.63, 3.8) is 0 Å². The van der Waals surface area contributed by atoms with Gasteiger partial charge in [0.05, 0.1) is 0 Å². The first kappa shape index (κ1) is 13.9. The number of hydrogen-bond donors (Lipinski definition) is 2. The first-order valence-corrected chi connectivity index (χ1v) is 5.91. The van der Waals surface area contributed by atoms with Gasteiger partial charge in [-0.2, -0.15) is 0 Å². The van der Waals surface area contributed by atoms with Crippen LogP contribution in [0.15, 0.2) is 0 Å². The van der Waals surface area contributed by atoms with Crippen LogP contribution >= 0.6 is 0 Å². The fourth-order valence-electron chi connectivity index (χ4n) is 2.03. The quantitative estimate of drug-likeness (QED) is 0.665. The third kappa shape index (κ3) is 3.25. The zero-order valence-corrected chi connectivity index (χ0v) is 10.3. The molecule has 0 rings (SSSR count). The Morgan fingerprint density at radius 1 is 0.929 bits per heavy atom. The van der Waals surface area contributed by atoms with Crippen LogP contribution in [-0.2, 0) is 0 Å². The van der Waals surface area contributed by atoms with Crippen molar-refractivity contribution in [3.8, 4) is 0 Å². The highest BCUT2D eigenvalue weighted by Crippen LogP contribution is 2.36. The lowest BCUT2D eigenvalue weighted by atomic mass is 9.71. The SMILES string of the molecule is CCC(N)(CC)CC(CC)(CC)CO. The van der Waals surface area contributed by atoms with Crippen molar-refractivity contribution in [1.82, 2.24) is 0 Å². The highest BCUT2D eigenvalue weighted by molar-refractivity contribution is 4.90. The maximum atomic E-state index is 9.48. The Labute approximate surface area is 88.9 Å². The lowest BCUT2D eigenvalue weighted by Crippen LogP contribution is -2.45. The van der Waals surface area contributed by atoms with Crippen molar-refractivity contribution >= 4 is 0 Å². The van der Waals surface area contributed by atoms with Gasteiger partial charge < -0.3 is 10.8 Å². The van der Waals surface area contributed by atoms with Gasteiger partial charge in [0.25, 0.3) is 0 Å². The molecule has 0 aromatic heterocycles. The number of rotatable bonds is 7. The first-order chi connectivity index (χ1) is 6.51. The van der Waals surface area contributed by atoms with Gasteiger partial charge in [-0.25, -0.2) is 0 Å². The van der Waals surface area contributed by atoms with Crippen molar-refractivity contribution in [2.45, 2.75) is 65.3 Å². The van der Waals surface area contributed by atoms with Gasteiger partial charge in [0.1, 0.15) is 0 Å². The van der Waals surface area contributed by atoms with E-state index in [9.17, 15) is 5.11 Å². The van der Waals surface area contributed by atoms with Gasteiger partial charge in [-0.3, -0.25) is 0 Å². The molecule has 0 aliphatic heterocycles. The van der Waals surface area contributed by atoms with Crippen LogP contribution in [0, 0.1) is 5.41 Å². The van der Waals surface area contributed by atoms with Crippen molar-refractivity contribution < 1.29 is 5.11 Å². The Balaban J connectivity index is 4.56. The van der Waals surface area contributed by atoms with Crippen LogP contribution in [0.25, 0.3) is 0 Å². The molecule has 0 amide bonds. The van der Waals surface area contributed by atoms with E-state index in [1.807, 2.05) is 0 Å². The molecule has 0 heterocycles. The van der Waals surface area contributed by atoms with Gasteiger partial charge >= 0.3 is 0 Å². The minimum absolute atomic E-state index is 0.0424. The second-order valence-corrected chi connectivity index (χ2v) is 4.61. The van der Waals surface area contributed by atoms with Gasteiger partial charge in [-0.1, -0.05) is 27.7 Å². The van der Waals surface area contributed by atoms with Gasteiger partial charge in [0.15, 0.2) is 0 Å². The summed E-state index contributed by atoms with van der Waals surface area (Å²) in [6.07, 6.45) is 4.95. The Morgan fingerprint density at radius 3 is 1.57 bits per heavy atom. The van der Waals surface area contributed by atoms with E-state index in [0.717, 1.165) is 32.1 Å². The molecule has 0 aromatic rings. The molecule has 0 spiro atoms. The second-order valence-electron chi connectivity index (χ2n) is 4.61. The van der Waals surface area contributed by atoms with Crippen molar-refractivity contribution in [1.29, 1.82) is 0 Å². The van der Waals surface area contributed by atoms with Gasteiger partial charge in [-0.15, -0.1) is 0 Å². The highest BCUT2D eigenvalue weighted by Gasteiger charge is 2.34. The molecular formula is C12H27NO. The van der Waals surface area contributed by atoms with E-state index >= 15 is 0 Å². The second kappa shape index (κ2) is 5.72. The molecule has 3 N–H and O–H groups in total. The van der Waals surface area contributed by atoms with Crippen molar-refractivity contribution in [3.05, 3.63) is 0 Å². The molecule has 0 saturated carbocycles. The zero-order chi connectivity index (χ0) is 11.2. The molecule has 2 heteroatoms. The molecule has 86 valence electrons. The van der Waals surface area contributed by atoms with E-state index in [4.69, 9.17) is 5.73 Å². The lowest BCUT2D eigenvalue weighted by molar-refractivity contribution is 0.0750. The highest BCUT2D eigenvalue weighted by atomic mass is 16.3. The Hall–Kier alpha value is -0.0800. The molecule has 0 atom stereocenters. The van der Waals surface area contributed by atoms with Crippen LogP contribution in [0.1, 0.15) is 59.8 Å². The number of hydrogen-bond acceptors (Lipinski definition) is 2. The summed E-state index contributed by atoms with van der Waals surface area (Å²) in [6.45, 7) is 8.82. The van der Waals surface area contributed by atoms with Gasteiger partial charge in [-0.05, 0) is 37.5 Å². The largest absolute Gasteiger partial charge is 0.396 e. The molecule has 0 aliphatic carbocycles. The minimum Gasteiger partial charge on any atom is -0.396 e. The zero-order valence-electron chi connectivity index (χ0n) is 10.3.